The van der Waals surface area contributed by atoms with Gasteiger partial charge in [-0.3, -0.25) is 14.4 Å². The zero-order chi connectivity index (χ0) is 18.1. The van der Waals surface area contributed by atoms with Crippen LogP contribution in [-0.2, 0) is 0 Å². The molecule has 0 saturated carbocycles. The number of pyridine rings is 1. The van der Waals surface area contributed by atoms with Crippen molar-refractivity contribution in [1.29, 1.82) is 0 Å². The lowest BCUT2D eigenvalue weighted by Gasteiger charge is -2.35. The number of carbonyl (C=O) groups excluding carboxylic acids is 1. The van der Waals surface area contributed by atoms with E-state index >= 15 is 0 Å². The van der Waals surface area contributed by atoms with Crippen LogP contribution in [0.15, 0.2) is 62.5 Å². The molecule has 0 bridgehead atoms. The number of anilines is 1. The van der Waals surface area contributed by atoms with Gasteiger partial charge in [0.05, 0.1) is 5.39 Å². The lowest BCUT2D eigenvalue weighted by molar-refractivity contribution is 0.0715. The van der Waals surface area contributed by atoms with Gasteiger partial charge in [0.2, 0.25) is 5.56 Å². The second-order valence-corrected chi connectivity index (χ2v) is 6.15. The monoisotopic (exact) mass is 351 g/mol. The first kappa shape index (κ1) is 16.1. The van der Waals surface area contributed by atoms with Crippen LogP contribution in [0.25, 0.3) is 11.0 Å². The Balaban J connectivity index is 1.52. The highest BCUT2D eigenvalue weighted by atomic mass is 16.3. The molecule has 2 aromatic heterocycles. The van der Waals surface area contributed by atoms with E-state index < -0.39 is 0 Å². The Labute approximate surface area is 148 Å². The number of para-hydroxylation sites is 1. The molecule has 1 aliphatic rings. The van der Waals surface area contributed by atoms with Crippen molar-refractivity contribution in [3.8, 4) is 0 Å². The first-order chi connectivity index (χ1) is 12.6. The number of hydrogen-bond acceptors (Lipinski definition) is 5. The second-order valence-electron chi connectivity index (χ2n) is 6.15. The number of benzene rings is 1. The molecule has 1 amide bonds. The number of H-pyrrole nitrogens is 1. The summed E-state index contributed by atoms with van der Waals surface area (Å²) < 4.78 is 5.63. The number of nitrogens with zero attached hydrogens (tertiary/aromatic N) is 2. The number of amides is 1. The van der Waals surface area contributed by atoms with Crippen molar-refractivity contribution in [1.82, 2.24) is 9.88 Å². The van der Waals surface area contributed by atoms with Crippen LogP contribution in [0.4, 0.5) is 5.82 Å². The molecule has 1 saturated heterocycles. The van der Waals surface area contributed by atoms with Gasteiger partial charge in [-0.15, -0.1) is 0 Å². The average Bonchev–Trinajstić information content (AvgIpc) is 2.67. The van der Waals surface area contributed by atoms with Gasteiger partial charge in [-0.05, 0) is 18.2 Å². The summed E-state index contributed by atoms with van der Waals surface area (Å²) in [5.41, 5.74) is 0.0264. The maximum absolute atomic E-state index is 12.7. The van der Waals surface area contributed by atoms with E-state index in [4.69, 9.17) is 4.42 Å². The predicted octanol–water partition coefficient (Wildman–Crippen LogP) is 1.44. The van der Waals surface area contributed by atoms with Crippen molar-refractivity contribution < 1.29 is 9.21 Å². The molecule has 1 aromatic carbocycles. The number of rotatable bonds is 2. The summed E-state index contributed by atoms with van der Waals surface area (Å²) in [4.78, 5) is 42.8. The molecule has 1 aliphatic heterocycles. The lowest BCUT2D eigenvalue weighted by atomic mass is 10.2. The summed E-state index contributed by atoms with van der Waals surface area (Å²) in [6.45, 7) is 2.13. The fourth-order valence-corrected chi connectivity index (χ4v) is 3.14. The van der Waals surface area contributed by atoms with E-state index in [1.54, 1.807) is 35.2 Å². The molecule has 0 unspecified atom stereocenters. The molecule has 3 heterocycles. The fraction of sp³-hybridized carbons (Fsp3) is 0.211. The molecule has 132 valence electrons. The quantitative estimate of drug-likeness (QED) is 0.755. The minimum absolute atomic E-state index is 0.0512. The molecule has 3 aromatic rings. The predicted molar refractivity (Wildman–Crippen MR) is 97.7 cm³/mol. The van der Waals surface area contributed by atoms with Gasteiger partial charge in [0, 0.05) is 38.3 Å². The Bertz CT molecular complexity index is 1080. The standard InChI is InChI=1S/C19H17N3O4/c23-14-12-16(26-15-5-2-1-4-13(14)15)19(25)22-10-8-21(9-11-22)17-6-3-7-18(24)20-17/h1-7,12H,8-11H2,(H,20,24). The number of hydrogen-bond donors (Lipinski definition) is 1. The third-order valence-corrected chi connectivity index (χ3v) is 4.51. The van der Waals surface area contributed by atoms with Crippen LogP contribution < -0.4 is 15.9 Å². The average molecular weight is 351 g/mol. The Morgan fingerprint density at radius 3 is 2.50 bits per heavy atom. The summed E-state index contributed by atoms with van der Waals surface area (Å²) in [5, 5.41) is 0.460. The maximum Gasteiger partial charge on any atom is 0.289 e. The number of nitrogens with one attached hydrogen (secondary N) is 1. The van der Waals surface area contributed by atoms with Crippen molar-refractivity contribution in [3.05, 3.63) is 74.9 Å². The largest absolute Gasteiger partial charge is 0.451 e. The zero-order valence-electron chi connectivity index (χ0n) is 14.0. The highest BCUT2D eigenvalue weighted by Crippen LogP contribution is 2.16. The molecule has 0 radical (unpaired) electrons. The van der Waals surface area contributed by atoms with Crippen LogP contribution >= 0.6 is 0 Å². The van der Waals surface area contributed by atoms with E-state index in [0.29, 0.717) is 37.1 Å². The van der Waals surface area contributed by atoms with E-state index in [9.17, 15) is 14.4 Å². The summed E-state index contributed by atoms with van der Waals surface area (Å²) in [6.07, 6.45) is 0. The summed E-state index contributed by atoms with van der Waals surface area (Å²) in [6, 6.07) is 13.1. The van der Waals surface area contributed by atoms with Gasteiger partial charge in [0.1, 0.15) is 11.4 Å². The van der Waals surface area contributed by atoms with Crippen molar-refractivity contribution in [3.63, 3.8) is 0 Å². The summed E-state index contributed by atoms with van der Waals surface area (Å²) >= 11 is 0. The van der Waals surface area contributed by atoms with Gasteiger partial charge in [-0.1, -0.05) is 18.2 Å². The number of fused-ring (bicyclic) bond motifs is 1. The minimum atomic E-state index is -0.297. The number of aromatic amines is 1. The van der Waals surface area contributed by atoms with Crippen molar-refractivity contribution in [2.45, 2.75) is 0 Å². The number of piperazine rings is 1. The van der Waals surface area contributed by atoms with Crippen LogP contribution in [0, 0.1) is 0 Å². The third-order valence-electron chi connectivity index (χ3n) is 4.51. The van der Waals surface area contributed by atoms with Crippen LogP contribution in [0.1, 0.15) is 10.6 Å². The van der Waals surface area contributed by atoms with Crippen LogP contribution in [0.2, 0.25) is 0 Å². The first-order valence-corrected chi connectivity index (χ1v) is 8.38. The summed E-state index contributed by atoms with van der Waals surface area (Å²) in [7, 11) is 0. The number of aromatic nitrogens is 1. The molecule has 7 nitrogen and oxygen atoms in total. The van der Waals surface area contributed by atoms with Crippen molar-refractivity contribution in [2.24, 2.45) is 0 Å². The Morgan fingerprint density at radius 1 is 0.962 bits per heavy atom. The van der Waals surface area contributed by atoms with Crippen LogP contribution in [0.3, 0.4) is 0 Å². The van der Waals surface area contributed by atoms with Crippen LogP contribution in [-0.4, -0.2) is 42.0 Å². The van der Waals surface area contributed by atoms with Crippen molar-refractivity contribution in [2.75, 3.05) is 31.1 Å². The highest BCUT2D eigenvalue weighted by Gasteiger charge is 2.24. The second kappa shape index (κ2) is 6.51. The van der Waals surface area contributed by atoms with Gasteiger partial charge in [0.15, 0.2) is 11.2 Å². The lowest BCUT2D eigenvalue weighted by Crippen LogP contribution is -2.49. The molecule has 0 spiro atoms. The SMILES string of the molecule is O=C(c1cc(=O)c2ccccc2o1)N1CCN(c2cccc(=O)[nH]2)CC1. The Morgan fingerprint density at radius 2 is 1.73 bits per heavy atom. The first-order valence-electron chi connectivity index (χ1n) is 8.38. The van der Waals surface area contributed by atoms with E-state index in [2.05, 4.69) is 4.98 Å². The Hall–Kier alpha value is -3.35. The smallest absolute Gasteiger partial charge is 0.289 e. The minimum Gasteiger partial charge on any atom is -0.451 e. The normalized spacial score (nSPS) is 14.6. The van der Waals surface area contributed by atoms with E-state index in [0.717, 1.165) is 5.82 Å². The molecular weight excluding hydrogens is 334 g/mol. The molecule has 4 rings (SSSR count). The molecular formula is C19H17N3O4. The molecule has 7 heteroatoms. The maximum atomic E-state index is 12.7. The van der Waals surface area contributed by atoms with Gasteiger partial charge in [-0.25, -0.2) is 0 Å². The van der Waals surface area contributed by atoms with Crippen molar-refractivity contribution >= 4 is 22.7 Å². The third kappa shape index (κ3) is 2.99. The van der Waals surface area contributed by atoms with Gasteiger partial charge in [0.25, 0.3) is 5.91 Å². The van der Waals surface area contributed by atoms with Gasteiger partial charge >= 0.3 is 0 Å². The molecule has 1 N–H and O–H groups in total. The van der Waals surface area contributed by atoms with E-state index in [1.165, 1.54) is 12.1 Å². The molecule has 26 heavy (non-hydrogen) atoms. The zero-order valence-corrected chi connectivity index (χ0v) is 14.0. The molecule has 0 atom stereocenters. The van der Waals surface area contributed by atoms with E-state index in [-0.39, 0.29) is 22.7 Å². The van der Waals surface area contributed by atoms with Gasteiger partial charge < -0.3 is 19.2 Å². The number of carbonyl (C=O) groups is 1. The topological polar surface area (TPSA) is 86.6 Å². The van der Waals surface area contributed by atoms with E-state index in [1.807, 2.05) is 11.0 Å². The summed E-state index contributed by atoms with van der Waals surface area (Å²) in [5.74, 6) is 0.492. The van der Waals surface area contributed by atoms with Crippen LogP contribution in [0.5, 0.6) is 0 Å². The highest BCUT2D eigenvalue weighted by molar-refractivity contribution is 5.93. The molecule has 1 fully saturated rings. The fourth-order valence-electron chi connectivity index (χ4n) is 3.14. The Kier molecular flexibility index (Phi) is 4.04. The molecule has 0 aliphatic carbocycles. The van der Waals surface area contributed by atoms with Gasteiger partial charge in [-0.2, -0.15) is 0 Å².